The van der Waals surface area contributed by atoms with Crippen molar-refractivity contribution < 1.29 is 50.9 Å². The molecule has 0 radical (unpaired) electrons. The SMILES string of the molecule is C=CCOC(=O)NS(=O)(=O)N(CC(=O)O)c1c(OCc2ccccc2)cc2c(c1F)C[C@H](NC(=O)OC(C)(C)C)[C@@H](O[Si](C)(C)C(C)(C)C)C2. The number of aliphatic carboxylic acids is 1. The lowest BCUT2D eigenvalue weighted by molar-refractivity contribution is -0.135. The molecule has 0 bridgehead atoms. The van der Waals surface area contributed by atoms with E-state index in [1.54, 1.807) is 55.8 Å². The van der Waals surface area contributed by atoms with Gasteiger partial charge < -0.3 is 29.1 Å². The molecule has 2 amide bonds. The summed E-state index contributed by atoms with van der Waals surface area (Å²) in [7, 11) is -7.56. The first-order chi connectivity index (χ1) is 23.0. The number of amides is 2. The van der Waals surface area contributed by atoms with Gasteiger partial charge in [0.15, 0.2) is 14.1 Å². The topological polar surface area (TPSA) is 170 Å². The van der Waals surface area contributed by atoms with Gasteiger partial charge in [0.2, 0.25) is 0 Å². The van der Waals surface area contributed by atoms with Crippen LogP contribution in [0.25, 0.3) is 0 Å². The van der Waals surface area contributed by atoms with Crippen LogP contribution in [0.15, 0.2) is 49.1 Å². The van der Waals surface area contributed by atoms with Crippen molar-refractivity contribution in [1.29, 1.82) is 0 Å². The van der Waals surface area contributed by atoms with Gasteiger partial charge in [0.1, 0.15) is 36.8 Å². The van der Waals surface area contributed by atoms with Crippen molar-refractivity contribution >= 4 is 42.4 Å². The molecule has 3 rings (SSSR count). The number of carbonyl (C=O) groups excluding carboxylic acids is 2. The molecule has 1 aliphatic rings. The van der Waals surface area contributed by atoms with E-state index in [-0.39, 0.29) is 46.7 Å². The molecule has 0 spiro atoms. The fraction of sp³-hybridized carbons (Fsp3) is 0.500. The molecule has 276 valence electrons. The van der Waals surface area contributed by atoms with Crippen LogP contribution in [0.5, 0.6) is 5.75 Å². The van der Waals surface area contributed by atoms with Gasteiger partial charge in [-0.25, -0.2) is 23.0 Å². The number of hydrogen-bond donors (Lipinski definition) is 3. The maximum atomic E-state index is 17.0. The van der Waals surface area contributed by atoms with Crippen LogP contribution < -0.4 is 19.1 Å². The molecule has 13 nitrogen and oxygen atoms in total. The first-order valence-corrected chi connectivity index (χ1v) is 20.4. The number of nitrogens with zero attached hydrogens (tertiary/aromatic N) is 1. The molecular formula is C34H48FN3O10SSi. The second kappa shape index (κ2) is 15.8. The summed E-state index contributed by atoms with van der Waals surface area (Å²) >= 11 is 0. The van der Waals surface area contributed by atoms with Gasteiger partial charge in [0.05, 0.1) is 12.1 Å². The van der Waals surface area contributed by atoms with Crippen LogP contribution in [0.2, 0.25) is 18.1 Å². The molecule has 0 aliphatic heterocycles. The molecule has 2 aromatic rings. The first-order valence-electron chi connectivity index (χ1n) is 16.0. The zero-order valence-corrected chi connectivity index (χ0v) is 31.6. The number of hydrogen-bond acceptors (Lipinski definition) is 9. The summed E-state index contributed by atoms with van der Waals surface area (Å²) < 4.78 is 69.0. The Bertz CT molecular complexity index is 1670. The predicted molar refractivity (Wildman–Crippen MR) is 188 cm³/mol. The zero-order valence-electron chi connectivity index (χ0n) is 29.8. The third-order valence-corrected chi connectivity index (χ3v) is 14.1. The van der Waals surface area contributed by atoms with E-state index in [1.165, 1.54) is 12.1 Å². The van der Waals surface area contributed by atoms with Crippen LogP contribution >= 0.6 is 0 Å². The average molecular weight is 738 g/mol. The van der Waals surface area contributed by atoms with Crippen molar-refractivity contribution in [2.24, 2.45) is 0 Å². The Morgan fingerprint density at radius 3 is 2.28 bits per heavy atom. The van der Waals surface area contributed by atoms with E-state index in [2.05, 4.69) is 32.7 Å². The fourth-order valence-electron chi connectivity index (χ4n) is 4.91. The van der Waals surface area contributed by atoms with Crippen molar-refractivity contribution in [1.82, 2.24) is 10.0 Å². The number of alkyl carbamates (subject to hydrolysis) is 1. The van der Waals surface area contributed by atoms with Gasteiger partial charge in [-0.15, -0.1) is 0 Å². The van der Waals surface area contributed by atoms with Crippen LogP contribution in [0.4, 0.5) is 19.7 Å². The van der Waals surface area contributed by atoms with Gasteiger partial charge in [0.25, 0.3) is 0 Å². The quantitative estimate of drug-likeness (QED) is 0.168. The number of anilines is 1. The highest BCUT2D eigenvalue weighted by molar-refractivity contribution is 7.91. The number of benzene rings is 2. The van der Waals surface area contributed by atoms with E-state index in [4.69, 9.17) is 18.6 Å². The highest BCUT2D eigenvalue weighted by Crippen LogP contribution is 2.43. The zero-order chi connectivity index (χ0) is 37.7. The number of carbonyl (C=O) groups is 3. The maximum absolute atomic E-state index is 17.0. The highest BCUT2D eigenvalue weighted by Gasteiger charge is 2.44. The predicted octanol–water partition coefficient (Wildman–Crippen LogP) is 5.84. The smallest absolute Gasteiger partial charge is 0.422 e. The molecule has 0 aromatic heterocycles. The fourth-order valence-corrected chi connectivity index (χ4v) is 7.34. The van der Waals surface area contributed by atoms with Gasteiger partial charge in [-0.05, 0) is 74.5 Å². The number of ether oxygens (including phenoxy) is 3. The van der Waals surface area contributed by atoms with Crippen LogP contribution in [0.3, 0.4) is 0 Å². The van der Waals surface area contributed by atoms with Crippen molar-refractivity contribution in [3.63, 3.8) is 0 Å². The van der Waals surface area contributed by atoms with Crippen molar-refractivity contribution in [2.45, 2.75) is 96.9 Å². The highest BCUT2D eigenvalue weighted by atomic mass is 32.2. The lowest BCUT2D eigenvalue weighted by atomic mass is 9.85. The van der Waals surface area contributed by atoms with Crippen molar-refractivity contribution in [2.75, 3.05) is 17.5 Å². The second-order valence-corrected chi connectivity index (χ2v) is 20.8. The van der Waals surface area contributed by atoms with E-state index < -0.39 is 72.5 Å². The van der Waals surface area contributed by atoms with Crippen molar-refractivity contribution in [3.8, 4) is 5.75 Å². The van der Waals surface area contributed by atoms with E-state index in [0.717, 1.165) is 0 Å². The summed E-state index contributed by atoms with van der Waals surface area (Å²) in [5, 5.41) is 12.4. The summed E-state index contributed by atoms with van der Waals surface area (Å²) in [5.74, 6) is -3.05. The normalized spacial score (nSPS) is 16.4. The minimum Gasteiger partial charge on any atom is -0.487 e. The number of carboxylic acids is 1. The van der Waals surface area contributed by atoms with Crippen LogP contribution in [-0.4, -0.2) is 70.9 Å². The molecule has 0 heterocycles. The van der Waals surface area contributed by atoms with E-state index in [1.807, 2.05) is 13.1 Å². The summed E-state index contributed by atoms with van der Waals surface area (Å²) in [6.07, 6.45) is -1.69. The minimum atomic E-state index is -5.09. The van der Waals surface area contributed by atoms with Crippen LogP contribution in [0, 0.1) is 5.82 Å². The third kappa shape index (κ3) is 10.7. The summed E-state index contributed by atoms with van der Waals surface area (Å²) in [6, 6.07) is 9.42. The molecule has 1 aliphatic carbocycles. The molecule has 50 heavy (non-hydrogen) atoms. The van der Waals surface area contributed by atoms with E-state index in [0.29, 0.717) is 11.1 Å². The molecule has 0 unspecified atom stereocenters. The molecule has 0 saturated heterocycles. The molecule has 16 heteroatoms. The Labute approximate surface area is 294 Å². The molecular weight excluding hydrogens is 690 g/mol. The van der Waals surface area contributed by atoms with Crippen LogP contribution in [0.1, 0.15) is 58.2 Å². The maximum Gasteiger partial charge on any atom is 0.422 e. The van der Waals surface area contributed by atoms with Gasteiger partial charge >= 0.3 is 28.4 Å². The second-order valence-electron chi connectivity index (χ2n) is 14.4. The number of rotatable bonds is 13. The Morgan fingerprint density at radius 1 is 1.08 bits per heavy atom. The molecule has 2 aromatic carbocycles. The lowest BCUT2D eigenvalue weighted by Crippen LogP contribution is -2.55. The minimum absolute atomic E-state index is 0.00280. The number of halogens is 1. The largest absolute Gasteiger partial charge is 0.487 e. The summed E-state index contributed by atoms with van der Waals surface area (Å²) in [5.41, 5.74) is -0.502. The Hall–Kier alpha value is -4.15. The van der Waals surface area contributed by atoms with Gasteiger partial charge in [-0.1, -0.05) is 63.8 Å². The van der Waals surface area contributed by atoms with Crippen LogP contribution in [-0.2, 0) is 48.4 Å². The summed E-state index contributed by atoms with van der Waals surface area (Å²) in [6.45, 7) is 17.0. The first kappa shape index (κ1) is 40.3. The average Bonchev–Trinajstić information content (AvgIpc) is 2.97. The Morgan fingerprint density at radius 2 is 1.72 bits per heavy atom. The lowest BCUT2D eigenvalue weighted by Gasteiger charge is -2.43. The monoisotopic (exact) mass is 737 g/mol. The summed E-state index contributed by atoms with van der Waals surface area (Å²) in [4.78, 5) is 37.3. The van der Waals surface area contributed by atoms with Gasteiger partial charge in [-0.3, -0.25) is 4.79 Å². The van der Waals surface area contributed by atoms with Gasteiger partial charge in [0, 0.05) is 0 Å². The van der Waals surface area contributed by atoms with Crippen molar-refractivity contribution in [3.05, 3.63) is 71.6 Å². The Balaban J connectivity index is 2.22. The molecule has 0 saturated carbocycles. The number of fused-ring (bicyclic) bond motifs is 1. The Kier molecular flexibility index (Phi) is 12.7. The number of nitrogens with one attached hydrogen (secondary N) is 2. The molecule has 2 atom stereocenters. The van der Waals surface area contributed by atoms with Gasteiger partial charge in [-0.2, -0.15) is 8.42 Å². The third-order valence-electron chi connectivity index (χ3n) is 8.25. The van der Waals surface area contributed by atoms with E-state index in [9.17, 15) is 27.9 Å². The molecule has 0 fully saturated rings. The molecule has 3 N–H and O–H groups in total. The standard InChI is InChI=1S/C34H48FN3O10SSi/c1-10-16-45-32(42)37-49(43,44)38(20-28(39)40)30-27(46-21-22-14-12-11-13-15-22)18-23-17-26(48-50(8,9)34(5,6)7)25(19-24(23)29(30)35)36-31(41)47-33(2,3)4/h10-15,18,25-26H,1,16-17,19-21H2,2-9H3,(H,36,41)(H,37,42)(H,39,40)/t25-,26-/m0/s1. The number of carboxylic acid groups (broad SMARTS) is 1. The van der Waals surface area contributed by atoms with E-state index >= 15 is 4.39 Å².